The van der Waals surface area contributed by atoms with Crippen LogP contribution in [0.2, 0.25) is 0 Å². The average molecular weight is 406 g/mol. The van der Waals surface area contributed by atoms with Crippen LogP contribution in [0.3, 0.4) is 0 Å². The molecule has 1 aromatic carbocycles. The average Bonchev–Trinajstić information content (AvgIpc) is 3.12. The molecule has 2 aromatic rings. The Hall–Kier alpha value is -2.41. The van der Waals surface area contributed by atoms with Crippen LogP contribution < -0.4 is 14.2 Å². The summed E-state index contributed by atoms with van der Waals surface area (Å²) in [4.78, 5) is 15.9. The van der Waals surface area contributed by atoms with E-state index in [1.807, 2.05) is 50.4 Å². The summed E-state index contributed by atoms with van der Waals surface area (Å²) >= 11 is 1.65. The Balaban J connectivity index is 1.87. The fourth-order valence-electron chi connectivity index (χ4n) is 3.09. The van der Waals surface area contributed by atoms with Crippen LogP contribution in [0.5, 0.6) is 17.2 Å². The summed E-state index contributed by atoms with van der Waals surface area (Å²) in [7, 11) is 3.22. The van der Waals surface area contributed by atoms with Crippen LogP contribution in [0, 0.1) is 0 Å². The van der Waals surface area contributed by atoms with Crippen LogP contribution >= 0.6 is 11.3 Å². The lowest BCUT2D eigenvalue weighted by Crippen LogP contribution is -2.47. The number of ether oxygens (including phenoxy) is 4. The van der Waals surface area contributed by atoms with Gasteiger partial charge in [-0.05, 0) is 44.4 Å². The molecule has 0 radical (unpaired) electrons. The van der Waals surface area contributed by atoms with Gasteiger partial charge >= 0.3 is 6.09 Å². The zero-order valence-electron chi connectivity index (χ0n) is 17.0. The van der Waals surface area contributed by atoms with Crippen LogP contribution in [0.1, 0.15) is 31.2 Å². The molecule has 1 atom stereocenters. The van der Waals surface area contributed by atoms with Gasteiger partial charge in [0.05, 0.1) is 26.8 Å². The van der Waals surface area contributed by atoms with E-state index in [2.05, 4.69) is 0 Å². The molecular weight excluding hydrogens is 378 g/mol. The number of nitrogens with zero attached hydrogens (tertiary/aromatic N) is 1. The fraction of sp³-hybridized carbons (Fsp3) is 0.476. The molecule has 0 fully saturated rings. The highest BCUT2D eigenvalue weighted by Gasteiger charge is 2.33. The topological polar surface area (TPSA) is 57.2 Å². The molecule has 6 nitrogen and oxygen atoms in total. The van der Waals surface area contributed by atoms with E-state index in [-0.39, 0.29) is 12.1 Å². The van der Waals surface area contributed by atoms with Crippen molar-refractivity contribution < 1.29 is 23.7 Å². The molecule has 0 saturated heterocycles. The molecule has 28 heavy (non-hydrogen) atoms. The summed E-state index contributed by atoms with van der Waals surface area (Å²) in [5, 5.41) is 2.01. The molecule has 1 unspecified atom stereocenters. The maximum atomic E-state index is 13.0. The largest absolute Gasteiger partial charge is 0.497 e. The van der Waals surface area contributed by atoms with Gasteiger partial charge in [-0.3, -0.25) is 4.90 Å². The van der Waals surface area contributed by atoms with E-state index in [1.54, 1.807) is 30.5 Å². The molecule has 0 saturated carbocycles. The lowest BCUT2D eigenvalue weighted by molar-refractivity contribution is 0.00663. The minimum Gasteiger partial charge on any atom is -0.497 e. The van der Waals surface area contributed by atoms with Crippen molar-refractivity contribution in [3.8, 4) is 17.2 Å². The number of amides is 1. The SMILES string of the molecule is COc1ccc(CN(C(=O)OC(C)(C)C)C2COc3ccsc3C2)c(OC)c1. The number of fused-ring (bicyclic) bond motifs is 1. The van der Waals surface area contributed by atoms with E-state index >= 15 is 0 Å². The normalized spacial score (nSPS) is 16.0. The van der Waals surface area contributed by atoms with Crippen LogP contribution in [0.25, 0.3) is 0 Å². The second kappa shape index (κ2) is 8.31. The Labute approximate surface area is 170 Å². The highest BCUT2D eigenvalue weighted by Crippen LogP contribution is 2.33. The highest BCUT2D eigenvalue weighted by atomic mass is 32.1. The number of carbonyl (C=O) groups is 1. The smallest absolute Gasteiger partial charge is 0.410 e. The van der Waals surface area contributed by atoms with E-state index < -0.39 is 5.60 Å². The van der Waals surface area contributed by atoms with Gasteiger partial charge in [-0.2, -0.15) is 0 Å². The predicted octanol–water partition coefficient (Wildman–Crippen LogP) is 4.51. The monoisotopic (exact) mass is 405 g/mol. The quantitative estimate of drug-likeness (QED) is 0.733. The Morgan fingerprint density at radius 2 is 2.04 bits per heavy atom. The van der Waals surface area contributed by atoms with E-state index in [1.165, 1.54) is 0 Å². The molecule has 1 aliphatic heterocycles. The predicted molar refractivity (Wildman–Crippen MR) is 109 cm³/mol. The van der Waals surface area contributed by atoms with Gasteiger partial charge in [-0.15, -0.1) is 11.3 Å². The van der Waals surface area contributed by atoms with Gasteiger partial charge in [0.15, 0.2) is 0 Å². The fourth-order valence-corrected chi connectivity index (χ4v) is 3.98. The minimum absolute atomic E-state index is 0.118. The molecule has 0 N–H and O–H groups in total. The van der Waals surface area contributed by atoms with Crippen molar-refractivity contribution >= 4 is 17.4 Å². The van der Waals surface area contributed by atoms with Gasteiger partial charge in [-0.25, -0.2) is 4.79 Å². The van der Waals surface area contributed by atoms with Crippen molar-refractivity contribution in [3.63, 3.8) is 0 Å². The summed E-state index contributed by atoms with van der Waals surface area (Å²) in [5.74, 6) is 2.28. The number of methoxy groups -OCH3 is 2. The Morgan fingerprint density at radius 1 is 1.25 bits per heavy atom. The zero-order valence-corrected chi connectivity index (χ0v) is 17.8. The van der Waals surface area contributed by atoms with Crippen LogP contribution in [0.4, 0.5) is 4.79 Å². The first kappa shape index (κ1) is 20.3. The van der Waals surface area contributed by atoms with Gasteiger partial charge < -0.3 is 18.9 Å². The number of hydrogen-bond acceptors (Lipinski definition) is 6. The maximum absolute atomic E-state index is 13.0. The van der Waals surface area contributed by atoms with E-state index in [0.717, 1.165) is 22.6 Å². The van der Waals surface area contributed by atoms with Gasteiger partial charge in [-0.1, -0.05) is 0 Å². The van der Waals surface area contributed by atoms with E-state index in [9.17, 15) is 4.79 Å². The van der Waals surface area contributed by atoms with Gasteiger partial charge in [0.1, 0.15) is 29.5 Å². The summed E-state index contributed by atoms with van der Waals surface area (Å²) in [6.45, 7) is 6.39. The third-order valence-electron chi connectivity index (χ3n) is 4.46. The van der Waals surface area contributed by atoms with E-state index in [4.69, 9.17) is 18.9 Å². The molecule has 0 bridgehead atoms. The lowest BCUT2D eigenvalue weighted by atomic mass is 10.1. The molecular formula is C21H27NO5S. The molecule has 2 heterocycles. The summed E-state index contributed by atoms with van der Waals surface area (Å²) in [6, 6.07) is 7.44. The standard InChI is InChI=1S/C21H27NO5S/c1-21(2,3)27-20(23)22(15-10-19-17(26-13-15)8-9-28-19)12-14-6-7-16(24-4)11-18(14)25-5/h6-9,11,15H,10,12-13H2,1-5H3. The number of rotatable bonds is 5. The number of hydrogen-bond donors (Lipinski definition) is 0. The molecule has 1 amide bonds. The number of thiophene rings is 1. The second-order valence-corrected chi connectivity index (χ2v) is 8.66. The molecule has 3 rings (SSSR count). The first-order chi connectivity index (χ1) is 13.3. The molecule has 0 aliphatic carbocycles. The highest BCUT2D eigenvalue weighted by molar-refractivity contribution is 7.10. The molecule has 1 aliphatic rings. The van der Waals surface area contributed by atoms with Gasteiger partial charge in [0, 0.05) is 22.9 Å². The molecule has 0 spiro atoms. The summed E-state index contributed by atoms with van der Waals surface area (Å²) in [5.41, 5.74) is 0.300. The van der Waals surface area contributed by atoms with Crippen LogP contribution in [-0.2, 0) is 17.7 Å². The van der Waals surface area contributed by atoms with Crippen molar-refractivity contribution in [2.75, 3.05) is 20.8 Å². The Kier molecular flexibility index (Phi) is 6.03. The van der Waals surface area contributed by atoms with E-state index in [0.29, 0.717) is 24.7 Å². The second-order valence-electron chi connectivity index (χ2n) is 7.66. The van der Waals surface area contributed by atoms with Crippen LogP contribution in [0.15, 0.2) is 29.6 Å². The first-order valence-electron chi connectivity index (χ1n) is 9.20. The third kappa shape index (κ3) is 4.70. The Morgan fingerprint density at radius 3 is 2.71 bits per heavy atom. The van der Waals surface area contributed by atoms with Crippen molar-refractivity contribution in [1.29, 1.82) is 0 Å². The van der Waals surface area contributed by atoms with Crippen molar-refractivity contribution in [3.05, 3.63) is 40.1 Å². The van der Waals surface area contributed by atoms with Gasteiger partial charge in [0.25, 0.3) is 0 Å². The summed E-state index contributed by atoms with van der Waals surface area (Å²) in [6.07, 6.45) is 0.379. The zero-order chi connectivity index (χ0) is 20.3. The first-order valence-corrected chi connectivity index (χ1v) is 10.1. The molecule has 7 heteroatoms. The summed E-state index contributed by atoms with van der Waals surface area (Å²) < 4.78 is 22.3. The lowest BCUT2D eigenvalue weighted by Gasteiger charge is -2.35. The minimum atomic E-state index is -0.580. The van der Waals surface area contributed by atoms with Crippen molar-refractivity contribution in [1.82, 2.24) is 4.90 Å². The Bertz CT molecular complexity index is 826. The molecule has 152 valence electrons. The number of carbonyl (C=O) groups excluding carboxylic acids is 1. The molecule has 1 aromatic heterocycles. The van der Waals surface area contributed by atoms with Gasteiger partial charge in [0.2, 0.25) is 0 Å². The van der Waals surface area contributed by atoms with Crippen LogP contribution in [-0.4, -0.2) is 43.5 Å². The van der Waals surface area contributed by atoms with Crippen molar-refractivity contribution in [2.24, 2.45) is 0 Å². The number of benzene rings is 1. The maximum Gasteiger partial charge on any atom is 0.410 e. The third-order valence-corrected chi connectivity index (χ3v) is 5.39. The van der Waals surface area contributed by atoms with Crippen molar-refractivity contribution in [2.45, 2.75) is 45.4 Å².